The number of rotatable bonds is 8. The molecule has 1 aromatic heterocycles. The third-order valence-electron chi connectivity index (χ3n) is 3.77. The minimum absolute atomic E-state index is 0.0188. The monoisotopic (exact) mass is 381 g/mol. The van der Waals surface area contributed by atoms with E-state index in [0.29, 0.717) is 35.9 Å². The number of anilines is 1. The van der Waals surface area contributed by atoms with Gasteiger partial charge >= 0.3 is 0 Å². The zero-order valence-corrected chi connectivity index (χ0v) is 15.7. The van der Waals surface area contributed by atoms with Gasteiger partial charge in [0.15, 0.2) is 5.78 Å². The standard InChI is InChI=1S/C20H19N3O3S/c1-14(24)15-9-11-17(12-10-15)26-13-5-8-18(25)21-20-23-22-19(27-20)16-6-3-2-4-7-16/h2-4,6-7,9-12H,5,8,13H2,1H3,(H,21,23,25). The van der Waals surface area contributed by atoms with Gasteiger partial charge in [0.1, 0.15) is 10.8 Å². The lowest BCUT2D eigenvalue weighted by molar-refractivity contribution is -0.116. The maximum absolute atomic E-state index is 12.0. The van der Waals surface area contributed by atoms with Crippen molar-refractivity contribution >= 4 is 28.2 Å². The third-order valence-corrected chi connectivity index (χ3v) is 4.66. The van der Waals surface area contributed by atoms with Gasteiger partial charge in [-0.2, -0.15) is 0 Å². The summed E-state index contributed by atoms with van der Waals surface area (Å²) >= 11 is 1.34. The zero-order valence-electron chi connectivity index (χ0n) is 14.8. The number of nitrogens with one attached hydrogen (secondary N) is 1. The Morgan fingerprint density at radius 3 is 2.48 bits per heavy atom. The zero-order chi connectivity index (χ0) is 19.1. The Labute approximate surface area is 161 Å². The van der Waals surface area contributed by atoms with Crippen LogP contribution in [0.2, 0.25) is 0 Å². The quantitative estimate of drug-likeness (QED) is 0.467. The molecule has 3 aromatic rings. The number of carbonyl (C=O) groups excluding carboxylic acids is 2. The number of amides is 1. The van der Waals surface area contributed by atoms with Crippen LogP contribution in [-0.2, 0) is 4.79 Å². The molecule has 0 aliphatic carbocycles. The van der Waals surface area contributed by atoms with E-state index in [0.717, 1.165) is 10.6 Å². The summed E-state index contributed by atoms with van der Waals surface area (Å²) in [6, 6.07) is 16.7. The van der Waals surface area contributed by atoms with Gasteiger partial charge in [-0.3, -0.25) is 9.59 Å². The number of hydrogen-bond acceptors (Lipinski definition) is 6. The van der Waals surface area contributed by atoms with Gasteiger partial charge in [0, 0.05) is 17.5 Å². The molecular weight excluding hydrogens is 362 g/mol. The third kappa shape index (κ3) is 5.46. The van der Waals surface area contributed by atoms with Gasteiger partial charge in [-0.1, -0.05) is 41.7 Å². The van der Waals surface area contributed by atoms with Gasteiger partial charge in [0.05, 0.1) is 6.61 Å². The molecule has 2 aromatic carbocycles. The molecule has 0 fully saturated rings. The van der Waals surface area contributed by atoms with Crippen molar-refractivity contribution in [3.63, 3.8) is 0 Å². The van der Waals surface area contributed by atoms with Crippen LogP contribution >= 0.6 is 11.3 Å². The fourth-order valence-corrected chi connectivity index (χ4v) is 3.13. The number of carbonyl (C=O) groups is 2. The van der Waals surface area contributed by atoms with Crippen molar-refractivity contribution in [1.29, 1.82) is 0 Å². The average molecular weight is 381 g/mol. The maximum Gasteiger partial charge on any atom is 0.226 e. The number of ether oxygens (including phenoxy) is 1. The Balaban J connectivity index is 1.41. The van der Waals surface area contributed by atoms with Gasteiger partial charge in [-0.25, -0.2) is 0 Å². The topological polar surface area (TPSA) is 81.2 Å². The van der Waals surface area contributed by atoms with Gasteiger partial charge in [0.25, 0.3) is 0 Å². The fourth-order valence-electron chi connectivity index (χ4n) is 2.36. The predicted molar refractivity (Wildman–Crippen MR) is 105 cm³/mol. The Bertz CT molecular complexity index is 908. The van der Waals surface area contributed by atoms with Crippen molar-refractivity contribution in [1.82, 2.24) is 10.2 Å². The Morgan fingerprint density at radius 1 is 1.04 bits per heavy atom. The Hall–Kier alpha value is -3.06. The summed E-state index contributed by atoms with van der Waals surface area (Å²) in [7, 11) is 0. The van der Waals surface area contributed by atoms with E-state index in [9.17, 15) is 9.59 Å². The summed E-state index contributed by atoms with van der Waals surface area (Å²) in [4.78, 5) is 23.3. The Kier molecular flexibility index (Phi) is 6.27. The van der Waals surface area contributed by atoms with Crippen LogP contribution in [0.5, 0.6) is 5.75 Å². The van der Waals surface area contributed by atoms with Crippen molar-refractivity contribution < 1.29 is 14.3 Å². The van der Waals surface area contributed by atoms with Crippen molar-refractivity contribution in [2.24, 2.45) is 0 Å². The second-order valence-electron chi connectivity index (χ2n) is 5.86. The highest BCUT2D eigenvalue weighted by molar-refractivity contribution is 7.18. The minimum atomic E-state index is -0.124. The average Bonchev–Trinajstić information content (AvgIpc) is 3.15. The molecule has 0 bridgehead atoms. The van der Waals surface area contributed by atoms with Gasteiger partial charge < -0.3 is 10.1 Å². The van der Waals surface area contributed by atoms with Crippen molar-refractivity contribution in [2.75, 3.05) is 11.9 Å². The lowest BCUT2D eigenvalue weighted by atomic mass is 10.1. The molecule has 0 saturated carbocycles. The number of hydrogen-bond donors (Lipinski definition) is 1. The summed E-state index contributed by atoms with van der Waals surface area (Å²) < 4.78 is 5.59. The molecule has 0 radical (unpaired) electrons. The van der Waals surface area contributed by atoms with E-state index in [2.05, 4.69) is 15.5 Å². The highest BCUT2D eigenvalue weighted by Crippen LogP contribution is 2.25. The van der Waals surface area contributed by atoms with Crippen molar-refractivity contribution in [2.45, 2.75) is 19.8 Å². The second kappa shape index (κ2) is 9.05. The number of ketones is 1. The first-order chi connectivity index (χ1) is 13.1. The first kappa shape index (κ1) is 18.7. The molecule has 0 unspecified atom stereocenters. The second-order valence-corrected chi connectivity index (χ2v) is 6.84. The lowest BCUT2D eigenvalue weighted by Crippen LogP contribution is -2.12. The maximum atomic E-state index is 12.0. The van der Waals surface area contributed by atoms with E-state index in [1.54, 1.807) is 24.3 Å². The van der Waals surface area contributed by atoms with Crippen LogP contribution in [0.25, 0.3) is 10.6 Å². The molecule has 1 N–H and O–H groups in total. The number of nitrogens with zero attached hydrogens (tertiary/aromatic N) is 2. The van der Waals surface area contributed by atoms with Gasteiger partial charge in [-0.15, -0.1) is 10.2 Å². The summed E-state index contributed by atoms with van der Waals surface area (Å²) in [6.45, 7) is 1.94. The van der Waals surface area contributed by atoms with Crippen LogP contribution in [0.15, 0.2) is 54.6 Å². The molecule has 7 heteroatoms. The number of Topliss-reactive ketones (excluding diaryl/α,β-unsaturated/α-hetero) is 1. The van der Waals surface area contributed by atoms with Crippen LogP contribution in [0.4, 0.5) is 5.13 Å². The molecule has 3 rings (SSSR count). The van der Waals surface area contributed by atoms with E-state index < -0.39 is 0 Å². The molecule has 0 atom stereocenters. The van der Waals surface area contributed by atoms with Crippen LogP contribution in [0.1, 0.15) is 30.1 Å². The summed E-state index contributed by atoms with van der Waals surface area (Å²) in [6.07, 6.45) is 0.899. The van der Waals surface area contributed by atoms with E-state index in [1.165, 1.54) is 18.3 Å². The van der Waals surface area contributed by atoms with E-state index >= 15 is 0 Å². The molecule has 1 amide bonds. The predicted octanol–water partition coefficient (Wildman–Crippen LogP) is 4.21. The van der Waals surface area contributed by atoms with Crippen LogP contribution in [0, 0.1) is 0 Å². The molecule has 0 spiro atoms. The van der Waals surface area contributed by atoms with Crippen molar-refractivity contribution in [3.8, 4) is 16.3 Å². The largest absolute Gasteiger partial charge is 0.494 e. The molecule has 0 aliphatic rings. The normalized spacial score (nSPS) is 10.4. The van der Waals surface area contributed by atoms with E-state index in [1.807, 2.05) is 30.3 Å². The molecule has 27 heavy (non-hydrogen) atoms. The molecular formula is C20H19N3O3S. The van der Waals surface area contributed by atoms with Gasteiger partial charge in [-0.05, 0) is 37.6 Å². The highest BCUT2D eigenvalue weighted by atomic mass is 32.1. The van der Waals surface area contributed by atoms with E-state index in [-0.39, 0.29) is 11.7 Å². The number of benzene rings is 2. The molecule has 6 nitrogen and oxygen atoms in total. The summed E-state index contributed by atoms with van der Waals surface area (Å²) in [5, 5.41) is 12.1. The van der Waals surface area contributed by atoms with Gasteiger partial charge in [0.2, 0.25) is 11.0 Å². The van der Waals surface area contributed by atoms with Crippen LogP contribution < -0.4 is 10.1 Å². The molecule has 1 heterocycles. The summed E-state index contributed by atoms with van der Waals surface area (Å²) in [5.41, 5.74) is 1.62. The smallest absolute Gasteiger partial charge is 0.226 e. The first-order valence-corrected chi connectivity index (χ1v) is 9.36. The number of aromatic nitrogens is 2. The fraction of sp³-hybridized carbons (Fsp3) is 0.200. The molecule has 138 valence electrons. The SMILES string of the molecule is CC(=O)c1ccc(OCCCC(=O)Nc2nnc(-c3ccccc3)s2)cc1. The van der Waals surface area contributed by atoms with Crippen LogP contribution in [0.3, 0.4) is 0 Å². The molecule has 0 saturated heterocycles. The van der Waals surface area contributed by atoms with E-state index in [4.69, 9.17) is 4.74 Å². The first-order valence-electron chi connectivity index (χ1n) is 8.54. The van der Waals surface area contributed by atoms with Crippen molar-refractivity contribution in [3.05, 3.63) is 60.2 Å². The van der Waals surface area contributed by atoms with Crippen LogP contribution in [-0.4, -0.2) is 28.5 Å². The Morgan fingerprint density at radius 2 is 1.78 bits per heavy atom. The molecule has 0 aliphatic heterocycles. The highest BCUT2D eigenvalue weighted by Gasteiger charge is 2.09. The lowest BCUT2D eigenvalue weighted by Gasteiger charge is -2.06. The summed E-state index contributed by atoms with van der Waals surface area (Å²) in [5.74, 6) is 0.573. The minimum Gasteiger partial charge on any atom is -0.494 e.